The number of imidazole rings is 1. The molecule has 0 aliphatic carbocycles. The van der Waals surface area contributed by atoms with Crippen molar-refractivity contribution in [3.63, 3.8) is 0 Å². The minimum absolute atomic E-state index is 0.484. The van der Waals surface area contributed by atoms with Crippen molar-refractivity contribution in [1.82, 2.24) is 14.5 Å². The molecule has 21 heavy (non-hydrogen) atoms. The number of fused-ring (bicyclic) bond motifs is 1. The summed E-state index contributed by atoms with van der Waals surface area (Å²) in [5.41, 5.74) is 1.16. The van der Waals surface area contributed by atoms with Gasteiger partial charge in [-0.25, -0.2) is 14.8 Å². The van der Waals surface area contributed by atoms with E-state index in [1.165, 1.54) is 6.20 Å². The van der Waals surface area contributed by atoms with Gasteiger partial charge in [0.05, 0.1) is 5.02 Å². The second-order valence-corrected chi connectivity index (χ2v) is 6.13. The Labute approximate surface area is 129 Å². The van der Waals surface area contributed by atoms with E-state index in [4.69, 9.17) is 11.6 Å². The van der Waals surface area contributed by atoms with Crippen LogP contribution in [0.1, 0.15) is 23.7 Å². The highest BCUT2D eigenvalue weighted by Gasteiger charge is 2.22. The molecule has 1 atom stereocenters. The van der Waals surface area contributed by atoms with Gasteiger partial charge in [-0.1, -0.05) is 17.7 Å². The Morgan fingerprint density at radius 1 is 1.57 bits per heavy atom. The van der Waals surface area contributed by atoms with E-state index in [0.717, 1.165) is 4.88 Å². The van der Waals surface area contributed by atoms with Crippen LogP contribution < -0.4 is 0 Å². The maximum Gasteiger partial charge on any atom is 0.326 e. The molecule has 7 heteroatoms. The number of halogens is 1. The van der Waals surface area contributed by atoms with E-state index in [-0.39, 0.29) is 0 Å². The van der Waals surface area contributed by atoms with Crippen LogP contribution in [0.15, 0.2) is 29.8 Å². The Hall–Kier alpha value is -1.92. The molecule has 0 saturated heterocycles. The molecule has 108 valence electrons. The first-order chi connectivity index (χ1) is 10.1. The number of aliphatic carboxylic acids is 1. The van der Waals surface area contributed by atoms with E-state index in [1.54, 1.807) is 28.9 Å². The van der Waals surface area contributed by atoms with Crippen molar-refractivity contribution in [3.05, 3.63) is 45.5 Å². The van der Waals surface area contributed by atoms with E-state index in [0.29, 0.717) is 28.4 Å². The van der Waals surface area contributed by atoms with Gasteiger partial charge in [0.2, 0.25) is 0 Å². The first-order valence-electron chi connectivity index (χ1n) is 6.34. The standard InChI is InChI=1S/C14H12ClN3O2S/c1-8(14(19)20)18-12(6-10-3-2-4-21-10)17-11-5-9(15)7-16-13(11)18/h2-5,7-8H,6H2,1H3,(H,19,20). The predicted octanol–water partition coefficient (Wildman–Crippen LogP) is 3.38. The van der Waals surface area contributed by atoms with Gasteiger partial charge in [0.15, 0.2) is 5.65 Å². The van der Waals surface area contributed by atoms with Crippen molar-refractivity contribution in [1.29, 1.82) is 0 Å². The average molecular weight is 322 g/mol. The zero-order valence-corrected chi connectivity index (χ0v) is 12.7. The number of hydrogen-bond donors (Lipinski definition) is 1. The van der Waals surface area contributed by atoms with E-state index in [2.05, 4.69) is 9.97 Å². The number of thiophene rings is 1. The second-order valence-electron chi connectivity index (χ2n) is 4.66. The number of aromatic nitrogens is 3. The van der Waals surface area contributed by atoms with Crippen LogP contribution in [0.5, 0.6) is 0 Å². The van der Waals surface area contributed by atoms with Crippen LogP contribution in [0, 0.1) is 0 Å². The third kappa shape index (κ3) is 2.64. The lowest BCUT2D eigenvalue weighted by molar-refractivity contribution is -0.140. The van der Waals surface area contributed by atoms with Gasteiger partial charge >= 0.3 is 5.97 Å². The normalized spacial score (nSPS) is 12.7. The molecule has 3 aromatic rings. The molecule has 3 heterocycles. The molecule has 0 fully saturated rings. The zero-order valence-electron chi connectivity index (χ0n) is 11.2. The number of nitrogens with zero attached hydrogens (tertiary/aromatic N) is 3. The highest BCUT2D eigenvalue weighted by atomic mass is 35.5. The first kappa shape index (κ1) is 14.0. The molecule has 5 nitrogen and oxygen atoms in total. The molecule has 0 saturated carbocycles. The van der Waals surface area contributed by atoms with Gasteiger partial charge < -0.3 is 5.11 Å². The summed E-state index contributed by atoms with van der Waals surface area (Å²) in [7, 11) is 0. The van der Waals surface area contributed by atoms with Crippen LogP contribution in [-0.2, 0) is 11.2 Å². The number of carboxylic acid groups (broad SMARTS) is 1. The molecule has 0 radical (unpaired) electrons. The van der Waals surface area contributed by atoms with Gasteiger partial charge in [0, 0.05) is 17.5 Å². The van der Waals surface area contributed by atoms with Crippen molar-refractivity contribution in [3.8, 4) is 0 Å². The quantitative estimate of drug-likeness (QED) is 0.800. The Morgan fingerprint density at radius 2 is 2.38 bits per heavy atom. The van der Waals surface area contributed by atoms with E-state index in [1.807, 2.05) is 17.5 Å². The smallest absolute Gasteiger partial charge is 0.326 e. The third-order valence-electron chi connectivity index (χ3n) is 3.23. The number of carbonyl (C=O) groups is 1. The SMILES string of the molecule is CC(C(=O)O)n1c(Cc2cccs2)nc2cc(Cl)cnc21. The molecular weight excluding hydrogens is 310 g/mol. The molecule has 3 aromatic heterocycles. The number of rotatable bonds is 4. The van der Waals surface area contributed by atoms with Gasteiger partial charge in [-0.05, 0) is 24.4 Å². The molecule has 0 bridgehead atoms. The fraction of sp³-hybridized carbons (Fsp3) is 0.214. The Kier molecular flexibility index (Phi) is 3.65. The van der Waals surface area contributed by atoms with Gasteiger partial charge in [0.1, 0.15) is 17.4 Å². The van der Waals surface area contributed by atoms with Gasteiger partial charge in [0.25, 0.3) is 0 Å². The summed E-state index contributed by atoms with van der Waals surface area (Å²) in [4.78, 5) is 21.2. The summed E-state index contributed by atoms with van der Waals surface area (Å²) in [6.45, 7) is 1.62. The number of carboxylic acids is 1. The molecule has 3 rings (SSSR count). The van der Waals surface area contributed by atoms with Gasteiger partial charge in [-0.15, -0.1) is 11.3 Å². The third-order valence-corrected chi connectivity index (χ3v) is 4.31. The summed E-state index contributed by atoms with van der Waals surface area (Å²) in [5.74, 6) is -0.240. The Morgan fingerprint density at radius 3 is 3.05 bits per heavy atom. The Balaban J connectivity index is 2.16. The summed E-state index contributed by atoms with van der Waals surface area (Å²) < 4.78 is 1.66. The van der Waals surface area contributed by atoms with Crippen molar-refractivity contribution >= 4 is 40.1 Å². The van der Waals surface area contributed by atoms with Crippen LogP contribution in [0.3, 0.4) is 0 Å². The van der Waals surface area contributed by atoms with Crippen LogP contribution in [0.2, 0.25) is 5.02 Å². The molecule has 0 aromatic carbocycles. The number of hydrogen-bond acceptors (Lipinski definition) is 4. The van der Waals surface area contributed by atoms with Gasteiger partial charge in [-0.2, -0.15) is 0 Å². The van der Waals surface area contributed by atoms with Crippen LogP contribution in [-0.4, -0.2) is 25.6 Å². The summed E-state index contributed by atoms with van der Waals surface area (Å²) in [6.07, 6.45) is 2.08. The number of pyridine rings is 1. The molecule has 0 spiro atoms. The van der Waals surface area contributed by atoms with E-state index in [9.17, 15) is 9.90 Å². The second kappa shape index (κ2) is 5.46. The molecular formula is C14H12ClN3O2S. The molecule has 0 aliphatic rings. The maximum absolute atomic E-state index is 11.4. The van der Waals surface area contributed by atoms with Crippen molar-refractivity contribution in [2.45, 2.75) is 19.4 Å². The summed E-state index contributed by atoms with van der Waals surface area (Å²) >= 11 is 7.55. The van der Waals surface area contributed by atoms with Crippen LogP contribution in [0.25, 0.3) is 11.2 Å². The maximum atomic E-state index is 11.4. The van der Waals surface area contributed by atoms with Crippen LogP contribution >= 0.6 is 22.9 Å². The first-order valence-corrected chi connectivity index (χ1v) is 7.59. The van der Waals surface area contributed by atoms with E-state index >= 15 is 0 Å². The van der Waals surface area contributed by atoms with Gasteiger partial charge in [-0.3, -0.25) is 4.57 Å². The monoisotopic (exact) mass is 321 g/mol. The van der Waals surface area contributed by atoms with E-state index < -0.39 is 12.0 Å². The summed E-state index contributed by atoms with van der Waals surface area (Å²) in [6, 6.07) is 4.93. The predicted molar refractivity (Wildman–Crippen MR) is 82.0 cm³/mol. The molecule has 1 N–H and O–H groups in total. The lowest BCUT2D eigenvalue weighted by atomic mass is 10.3. The Bertz CT molecular complexity index is 798. The van der Waals surface area contributed by atoms with Crippen molar-refractivity contribution < 1.29 is 9.90 Å². The average Bonchev–Trinajstić information content (AvgIpc) is 3.05. The highest BCUT2D eigenvalue weighted by Crippen LogP contribution is 2.24. The highest BCUT2D eigenvalue weighted by molar-refractivity contribution is 7.09. The minimum Gasteiger partial charge on any atom is -0.480 e. The molecule has 0 amide bonds. The lowest BCUT2D eigenvalue weighted by Gasteiger charge is -2.12. The topological polar surface area (TPSA) is 68.0 Å². The van der Waals surface area contributed by atoms with Crippen molar-refractivity contribution in [2.24, 2.45) is 0 Å². The lowest BCUT2D eigenvalue weighted by Crippen LogP contribution is -2.18. The zero-order chi connectivity index (χ0) is 15.0. The summed E-state index contributed by atoms with van der Waals surface area (Å²) in [5, 5.41) is 11.8. The van der Waals surface area contributed by atoms with Crippen LogP contribution in [0.4, 0.5) is 0 Å². The molecule has 0 aliphatic heterocycles. The minimum atomic E-state index is -0.918. The fourth-order valence-electron chi connectivity index (χ4n) is 2.22. The molecule has 1 unspecified atom stereocenters. The van der Waals surface area contributed by atoms with Crippen molar-refractivity contribution in [2.75, 3.05) is 0 Å². The largest absolute Gasteiger partial charge is 0.480 e. The fourth-order valence-corrected chi connectivity index (χ4v) is 3.07.